The Morgan fingerprint density at radius 3 is 2.05 bits per heavy atom. The van der Waals surface area contributed by atoms with Gasteiger partial charge in [-0.25, -0.2) is 9.59 Å². The van der Waals surface area contributed by atoms with Gasteiger partial charge in [-0.15, -0.1) is 0 Å². The van der Waals surface area contributed by atoms with Crippen molar-refractivity contribution in [1.29, 1.82) is 0 Å². The quantitative estimate of drug-likeness (QED) is 0.492. The van der Waals surface area contributed by atoms with Crippen LogP contribution in [0, 0.1) is 11.3 Å². The first kappa shape index (κ1) is 19.4. The highest BCUT2D eigenvalue weighted by Crippen LogP contribution is 2.33. The van der Waals surface area contributed by atoms with Crippen LogP contribution in [0.2, 0.25) is 0 Å². The van der Waals surface area contributed by atoms with Crippen LogP contribution in [-0.4, -0.2) is 22.2 Å². The van der Waals surface area contributed by atoms with Gasteiger partial charge < -0.3 is 10.2 Å². The first-order valence-electron chi connectivity index (χ1n) is 7.40. The Balaban J connectivity index is 4.29. The Morgan fingerprint density at radius 2 is 1.57 bits per heavy atom. The summed E-state index contributed by atoms with van der Waals surface area (Å²) in [5.74, 6) is -1.36. The highest BCUT2D eigenvalue weighted by molar-refractivity contribution is 5.86. The molecule has 0 aromatic carbocycles. The molecule has 0 aliphatic heterocycles. The number of carboxylic acids is 2. The maximum Gasteiger partial charge on any atom is 0.330 e. The van der Waals surface area contributed by atoms with Crippen molar-refractivity contribution in [3.63, 3.8) is 0 Å². The lowest BCUT2D eigenvalue weighted by molar-refractivity contribution is -0.133. The number of carbonyl (C=O) groups is 2. The number of hydrogen-bond donors (Lipinski definition) is 2. The highest BCUT2D eigenvalue weighted by atomic mass is 16.4. The molecule has 1 atom stereocenters. The maximum absolute atomic E-state index is 10.9. The zero-order chi connectivity index (χ0) is 16.6. The molecule has 4 heteroatoms. The summed E-state index contributed by atoms with van der Waals surface area (Å²) in [6, 6.07) is 0. The van der Waals surface area contributed by atoms with Gasteiger partial charge in [0.15, 0.2) is 0 Å². The third-order valence-electron chi connectivity index (χ3n) is 4.08. The van der Waals surface area contributed by atoms with E-state index >= 15 is 0 Å². The van der Waals surface area contributed by atoms with E-state index in [-0.39, 0.29) is 5.41 Å². The van der Waals surface area contributed by atoms with Gasteiger partial charge in [0.1, 0.15) is 0 Å². The largest absolute Gasteiger partial charge is 0.478 e. The van der Waals surface area contributed by atoms with Crippen LogP contribution in [-0.2, 0) is 9.59 Å². The summed E-state index contributed by atoms with van der Waals surface area (Å²) in [5.41, 5.74) is 0.616. The van der Waals surface area contributed by atoms with E-state index in [0.717, 1.165) is 25.7 Å². The van der Waals surface area contributed by atoms with Crippen LogP contribution in [0.4, 0.5) is 0 Å². The minimum Gasteiger partial charge on any atom is -0.478 e. The van der Waals surface area contributed by atoms with Gasteiger partial charge in [0.05, 0.1) is 0 Å². The lowest BCUT2D eigenvalue weighted by Crippen LogP contribution is -2.20. The fraction of sp³-hybridized carbons (Fsp3) is 0.647. The molecule has 0 aliphatic carbocycles. The number of rotatable bonds is 9. The smallest absolute Gasteiger partial charge is 0.330 e. The summed E-state index contributed by atoms with van der Waals surface area (Å²) >= 11 is 0. The van der Waals surface area contributed by atoms with Gasteiger partial charge in [0, 0.05) is 11.1 Å². The zero-order valence-electron chi connectivity index (χ0n) is 13.8. The van der Waals surface area contributed by atoms with E-state index in [2.05, 4.69) is 20.8 Å². The molecule has 4 nitrogen and oxygen atoms in total. The summed E-state index contributed by atoms with van der Waals surface area (Å²) in [4.78, 5) is 21.5. The number of hydrogen-bond acceptors (Lipinski definition) is 2. The van der Waals surface area contributed by atoms with Crippen LogP contribution in [0.5, 0.6) is 0 Å². The van der Waals surface area contributed by atoms with Crippen molar-refractivity contribution in [3.05, 3.63) is 23.3 Å². The fourth-order valence-electron chi connectivity index (χ4n) is 2.13. The molecule has 0 spiro atoms. The molecule has 0 aromatic rings. The maximum atomic E-state index is 10.9. The highest BCUT2D eigenvalue weighted by Gasteiger charge is 2.24. The van der Waals surface area contributed by atoms with E-state index in [4.69, 9.17) is 10.2 Å². The van der Waals surface area contributed by atoms with E-state index in [1.54, 1.807) is 19.9 Å². The molecule has 2 N–H and O–H groups in total. The van der Waals surface area contributed by atoms with Crippen molar-refractivity contribution in [2.45, 2.75) is 60.3 Å². The SMILES string of the molecule is CC(=CCCCCC(C)C(C)(C)C=C(C)C(=O)O)C(=O)O. The predicted molar refractivity (Wildman–Crippen MR) is 84.2 cm³/mol. The Kier molecular flexibility index (Phi) is 8.00. The van der Waals surface area contributed by atoms with Gasteiger partial charge in [-0.1, -0.05) is 39.3 Å². The third-order valence-corrected chi connectivity index (χ3v) is 4.08. The molecule has 0 fully saturated rings. The number of unbranched alkanes of at least 4 members (excludes halogenated alkanes) is 2. The topological polar surface area (TPSA) is 74.6 Å². The Bertz CT molecular complexity index is 430. The number of aliphatic carboxylic acids is 2. The number of carboxylic acid groups (broad SMARTS) is 2. The average Bonchev–Trinajstić information content (AvgIpc) is 2.36. The average molecular weight is 296 g/mol. The van der Waals surface area contributed by atoms with Crippen LogP contribution in [0.25, 0.3) is 0 Å². The molecule has 0 saturated carbocycles. The van der Waals surface area contributed by atoms with Crippen molar-refractivity contribution in [1.82, 2.24) is 0 Å². The molecule has 1 unspecified atom stereocenters. The Hall–Kier alpha value is -1.58. The van der Waals surface area contributed by atoms with Crippen LogP contribution >= 0.6 is 0 Å². The molecular formula is C17H28O4. The molecule has 0 saturated heterocycles. The van der Waals surface area contributed by atoms with E-state index in [9.17, 15) is 9.59 Å². The summed E-state index contributed by atoms with van der Waals surface area (Å²) in [5, 5.41) is 17.7. The van der Waals surface area contributed by atoms with Gasteiger partial charge in [0.25, 0.3) is 0 Å². The molecule has 21 heavy (non-hydrogen) atoms. The molecule has 0 rings (SSSR count). The van der Waals surface area contributed by atoms with Gasteiger partial charge >= 0.3 is 11.9 Å². The summed E-state index contributed by atoms with van der Waals surface area (Å²) in [6.07, 6.45) is 7.31. The molecule has 0 amide bonds. The first-order chi connectivity index (χ1) is 9.58. The fourth-order valence-corrected chi connectivity index (χ4v) is 2.13. The summed E-state index contributed by atoms with van der Waals surface area (Å²) in [7, 11) is 0. The third kappa shape index (κ3) is 7.69. The second kappa shape index (κ2) is 8.65. The van der Waals surface area contributed by atoms with Crippen LogP contribution in [0.1, 0.15) is 60.3 Å². The molecule has 0 aliphatic rings. The van der Waals surface area contributed by atoms with E-state index in [1.165, 1.54) is 0 Å². The molecule has 0 heterocycles. The van der Waals surface area contributed by atoms with Crippen molar-refractivity contribution < 1.29 is 19.8 Å². The molecule has 0 radical (unpaired) electrons. The summed E-state index contributed by atoms with van der Waals surface area (Å²) in [6.45, 7) is 9.46. The lowest BCUT2D eigenvalue weighted by Gasteiger charge is -2.29. The monoisotopic (exact) mass is 296 g/mol. The summed E-state index contributed by atoms with van der Waals surface area (Å²) < 4.78 is 0. The van der Waals surface area contributed by atoms with Crippen molar-refractivity contribution in [2.75, 3.05) is 0 Å². The van der Waals surface area contributed by atoms with E-state index in [0.29, 0.717) is 17.1 Å². The van der Waals surface area contributed by atoms with Gasteiger partial charge in [-0.05, 0) is 44.4 Å². The van der Waals surface area contributed by atoms with Crippen molar-refractivity contribution in [3.8, 4) is 0 Å². The zero-order valence-corrected chi connectivity index (χ0v) is 13.8. The molecule has 120 valence electrons. The Morgan fingerprint density at radius 1 is 1.05 bits per heavy atom. The van der Waals surface area contributed by atoms with Gasteiger partial charge in [-0.2, -0.15) is 0 Å². The molecular weight excluding hydrogens is 268 g/mol. The Labute approximate surface area is 127 Å². The lowest BCUT2D eigenvalue weighted by atomic mass is 9.76. The second-order valence-corrected chi connectivity index (χ2v) is 6.33. The second-order valence-electron chi connectivity index (χ2n) is 6.33. The van der Waals surface area contributed by atoms with Crippen LogP contribution in [0.3, 0.4) is 0 Å². The molecule has 0 aromatic heterocycles. The molecule has 0 bridgehead atoms. The normalized spacial score (nSPS) is 14.9. The van der Waals surface area contributed by atoms with Crippen LogP contribution < -0.4 is 0 Å². The van der Waals surface area contributed by atoms with Crippen molar-refractivity contribution >= 4 is 11.9 Å². The van der Waals surface area contributed by atoms with E-state index < -0.39 is 11.9 Å². The first-order valence-corrected chi connectivity index (χ1v) is 7.40. The van der Waals surface area contributed by atoms with E-state index in [1.807, 2.05) is 6.08 Å². The van der Waals surface area contributed by atoms with Crippen LogP contribution in [0.15, 0.2) is 23.3 Å². The predicted octanol–water partition coefficient (Wildman–Crippen LogP) is 4.27. The minimum atomic E-state index is -0.871. The standard InChI is InChI=1S/C17H28O4/c1-12(15(18)19)9-7-6-8-10-14(3)17(4,5)11-13(2)16(20)21/h9,11,14H,6-8,10H2,1-5H3,(H,18,19)(H,20,21). The minimum absolute atomic E-state index is 0.157. The van der Waals surface area contributed by atoms with Crippen molar-refractivity contribution in [2.24, 2.45) is 11.3 Å². The van der Waals surface area contributed by atoms with Gasteiger partial charge in [-0.3, -0.25) is 0 Å². The van der Waals surface area contributed by atoms with Gasteiger partial charge in [0.2, 0.25) is 0 Å². The number of allylic oxidation sites excluding steroid dienone is 2.